The van der Waals surface area contributed by atoms with E-state index in [1.165, 1.54) is 0 Å². The molecule has 0 aromatic carbocycles. The Morgan fingerprint density at radius 2 is 2.13 bits per heavy atom. The van der Waals surface area contributed by atoms with E-state index in [4.69, 9.17) is 9.47 Å². The molecular weight excluding hydrogens is 192 g/mol. The summed E-state index contributed by atoms with van der Waals surface area (Å²) < 4.78 is 12.1. The first-order valence-corrected chi connectivity index (χ1v) is 4.84. The lowest BCUT2D eigenvalue weighted by atomic mass is 10.3. The molecule has 4 heteroatoms. The minimum absolute atomic E-state index is 0.695. The van der Waals surface area contributed by atoms with Crippen LogP contribution in [0.25, 0.3) is 5.65 Å². The number of aromatic nitrogens is 2. The number of pyridine rings is 1. The van der Waals surface area contributed by atoms with Gasteiger partial charge in [0.15, 0.2) is 0 Å². The minimum atomic E-state index is 0.695. The van der Waals surface area contributed by atoms with E-state index in [9.17, 15) is 0 Å². The molecule has 0 fully saturated rings. The molecule has 2 rings (SSSR count). The second kappa shape index (κ2) is 4.31. The van der Waals surface area contributed by atoms with Crippen LogP contribution in [0.2, 0.25) is 0 Å². The molecule has 0 atom stereocenters. The van der Waals surface area contributed by atoms with Gasteiger partial charge in [0.05, 0.1) is 25.6 Å². The zero-order valence-corrected chi connectivity index (χ0v) is 8.93. The van der Waals surface area contributed by atoms with Gasteiger partial charge in [-0.3, -0.25) is 0 Å². The molecule has 0 spiro atoms. The fraction of sp³-hybridized carbons (Fsp3) is 0.364. The molecule has 2 aromatic rings. The molecule has 0 N–H and O–H groups in total. The van der Waals surface area contributed by atoms with E-state index in [1.54, 1.807) is 14.2 Å². The summed E-state index contributed by atoms with van der Waals surface area (Å²) >= 11 is 0. The van der Waals surface area contributed by atoms with Gasteiger partial charge in [-0.1, -0.05) is 0 Å². The van der Waals surface area contributed by atoms with Crippen LogP contribution in [-0.2, 0) is 11.2 Å². The third-order valence-electron chi connectivity index (χ3n) is 2.27. The van der Waals surface area contributed by atoms with Crippen molar-refractivity contribution in [3.05, 3.63) is 30.2 Å². The van der Waals surface area contributed by atoms with E-state index in [1.807, 2.05) is 28.9 Å². The van der Waals surface area contributed by atoms with Crippen molar-refractivity contribution < 1.29 is 9.47 Å². The third kappa shape index (κ3) is 2.10. The standard InChI is InChI=1S/C11H14N2O2/c1-14-6-5-9-7-13-8-10(15-2)3-4-11(13)12-9/h3-4,7-8H,5-6H2,1-2H3. The Labute approximate surface area is 88.5 Å². The van der Waals surface area contributed by atoms with Crippen LogP contribution in [-0.4, -0.2) is 30.2 Å². The monoisotopic (exact) mass is 206 g/mol. The van der Waals surface area contributed by atoms with Crippen molar-refractivity contribution in [2.24, 2.45) is 0 Å². The molecule has 4 nitrogen and oxygen atoms in total. The first-order chi connectivity index (χ1) is 7.33. The van der Waals surface area contributed by atoms with E-state index in [0.717, 1.165) is 23.5 Å². The third-order valence-corrected chi connectivity index (χ3v) is 2.27. The Balaban J connectivity index is 2.29. The molecule has 0 bridgehead atoms. The van der Waals surface area contributed by atoms with Crippen LogP contribution >= 0.6 is 0 Å². The van der Waals surface area contributed by atoms with Crippen molar-refractivity contribution in [3.63, 3.8) is 0 Å². The molecule has 0 saturated heterocycles. The summed E-state index contributed by atoms with van der Waals surface area (Å²) in [6.45, 7) is 0.695. The van der Waals surface area contributed by atoms with Crippen molar-refractivity contribution in [1.82, 2.24) is 9.38 Å². The highest BCUT2D eigenvalue weighted by Gasteiger charge is 2.01. The molecular formula is C11H14N2O2. The number of hydrogen-bond donors (Lipinski definition) is 0. The smallest absolute Gasteiger partial charge is 0.137 e. The highest BCUT2D eigenvalue weighted by molar-refractivity contribution is 5.43. The van der Waals surface area contributed by atoms with Gasteiger partial charge in [-0.05, 0) is 12.1 Å². The van der Waals surface area contributed by atoms with Gasteiger partial charge in [0.2, 0.25) is 0 Å². The van der Waals surface area contributed by atoms with Crippen molar-refractivity contribution >= 4 is 5.65 Å². The van der Waals surface area contributed by atoms with Crippen molar-refractivity contribution in [3.8, 4) is 5.75 Å². The van der Waals surface area contributed by atoms with E-state index >= 15 is 0 Å². The Bertz CT molecular complexity index is 451. The van der Waals surface area contributed by atoms with Crippen LogP contribution in [0.4, 0.5) is 0 Å². The molecule has 0 aliphatic rings. The summed E-state index contributed by atoms with van der Waals surface area (Å²) in [4.78, 5) is 4.45. The second-order valence-corrected chi connectivity index (χ2v) is 3.31. The predicted octanol–water partition coefficient (Wildman–Crippen LogP) is 1.53. The summed E-state index contributed by atoms with van der Waals surface area (Å²) in [5, 5.41) is 0. The van der Waals surface area contributed by atoms with E-state index < -0.39 is 0 Å². The average Bonchev–Trinajstić information content (AvgIpc) is 2.67. The summed E-state index contributed by atoms with van der Waals surface area (Å²) in [6, 6.07) is 3.84. The fourth-order valence-electron chi connectivity index (χ4n) is 1.47. The van der Waals surface area contributed by atoms with Crippen LogP contribution < -0.4 is 4.74 Å². The maximum absolute atomic E-state index is 5.14. The highest BCUT2D eigenvalue weighted by Crippen LogP contribution is 2.13. The van der Waals surface area contributed by atoms with Crippen LogP contribution in [0.5, 0.6) is 5.75 Å². The quantitative estimate of drug-likeness (QED) is 0.761. The number of nitrogens with zero attached hydrogens (tertiary/aromatic N) is 2. The van der Waals surface area contributed by atoms with Gasteiger partial charge in [0, 0.05) is 19.7 Å². The van der Waals surface area contributed by atoms with Crippen LogP contribution in [0.15, 0.2) is 24.5 Å². The zero-order chi connectivity index (χ0) is 10.7. The SMILES string of the molecule is COCCc1cn2cc(OC)ccc2n1. The maximum Gasteiger partial charge on any atom is 0.137 e. The van der Waals surface area contributed by atoms with Gasteiger partial charge < -0.3 is 13.9 Å². The van der Waals surface area contributed by atoms with Gasteiger partial charge >= 0.3 is 0 Å². The molecule has 0 amide bonds. The maximum atomic E-state index is 5.14. The number of rotatable bonds is 4. The van der Waals surface area contributed by atoms with Gasteiger partial charge in [0.25, 0.3) is 0 Å². The summed E-state index contributed by atoms with van der Waals surface area (Å²) in [6.07, 6.45) is 4.75. The first kappa shape index (κ1) is 9.98. The predicted molar refractivity (Wildman–Crippen MR) is 57.3 cm³/mol. The molecule has 0 aliphatic carbocycles. The highest BCUT2D eigenvalue weighted by atomic mass is 16.5. The van der Waals surface area contributed by atoms with Crippen molar-refractivity contribution in [1.29, 1.82) is 0 Å². The lowest BCUT2D eigenvalue weighted by molar-refractivity contribution is 0.201. The lowest BCUT2D eigenvalue weighted by Crippen LogP contribution is -1.93. The Morgan fingerprint density at radius 1 is 1.27 bits per heavy atom. The van der Waals surface area contributed by atoms with Crippen LogP contribution in [0.3, 0.4) is 0 Å². The number of methoxy groups -OCH3 is 2. The molecule has 0 radical (unpaired) electrons. The molecule has 0 unspecified atom stereocenters. The van der Waals surface area contributed by atoms with Crippen LogP contribution in [0, 0.1) is 0 Å². The van der Waals surface area contributed by atoms with Gasteiger partial charge in [-0.25, -0.2) is 4.98 Å². The molecule has 0 saturated carbocycles. The molecule has 15 heavy (non-hydrogen) atoms. The van der Waals surface area contributed by atoms with Crippen LogP contribution in [0.1, 0.15) is 5.69 Å². The zero-order valence-electron chi connectivity index (χ0n) is 8.93. The topological polar surface area (TPSA) is 35.8 Å². The number of ether oxygens (including phenoxy) is 2. The summed E-state index contributed by atoms with van der Waals surface area (Å²) in [5.74, 6) is 0.832. The van der Waals surface area contributed by atoms with E-state index in [2.05, 4.69) is 4.98 Å². The van der Waals surface area contributed by atoms with Crippen molar-refractivity contribution in [2.75, 3.05) is 20.8 Å². The molecule has 2 aromatic heterocycles. The van der Waals surface area contributed by atoms with Gasteiger partial charge in [-0.15, -0.1) is 0 Å². The fourth-order valence-corrected chi connectivity index (χ4v) is 1.47. The average molecular weight is 206 g/mol. The number of hydrogen-bond acceptors (Lipinski definition) is 3. The number of imidazole rings is 1. The minimum Gasteiger partial charge on any atom is -0.495 e. The summed E-state index contributed by atoms with van der Waals surface area (Å²) in [5.41, 5.74) is 1.96. The Hall–Kier alpha value is -1.55. The van der Waals surface area contributed by atoms with Gasteiger partial charge in [-0.2, -0.15) is 0 Å². The van der Waals surface area contributed by atoms with E-state index in [-0.39, 0.29) is 0 Å². The first-order valence-electron chi connectivity index (χ1n) is 4.84. The largest absolute Gasteiger partial charge is 0.495 e. The normalized spacial score (nSPS) is 10.8. The number of fused-ring (bicyclic) bond motifs is 1. The second-order valence-electron chi connectivity index (χ2n) is 3.31. The Kier molecular flexibility index (Phi) is 2.87. The molecule has 0 aliphatic heterocycles. The lowest BCUT2D eigenvalue weighted by Gasteiger charge is -1.98. The Morgan fingerprint density at radius 3 is 2.87 bits per heavy atom. The molecule has 80 valence electrons. The molecule has 2 heterocycles. The van der Waals surface area contributed by atoms with E-state index in [0.29, 0.717) is 6.61 Å². The van der Waals surface area contributed by atoms with Crippen molar-refractivity contribution in [2.45, 2.75) is 6.42 Å². The summed E-state index contributed by atoms with van der Waals surface area (Å²) in [7, 11) is 3.35. The van der Waals surface area contributed by atoms with Gasteiger partial charge in [0.1, 0.15) is 11.4 Å².